The highest BCUT2D eigenvalue weighted by Crippen LogP contribution is 2.35. The van der Waals surface area contributed by atoms with Gasteiger partial charge in [-0.1, -0.05) is 60.7 Å². The van der Waals surface area contributed by atoms with Crippen molar-refractivity contribution < 1.29 is 32.6 Å². The van der Waals surface area contributed by atoms with Gasteiger partial charge in [0.2, 0.25) is 0 Å². The Labute approximate surface area is 294 Å². The van der Waals surface area contributed by atoms with Gasteiger partial charge < -0.3 is 25.8 Å². The first-order chi connectivity index (χ1) is 24.0. The summed E-state index contributed by atoms with van der Waals surface area (Å²) >= 11 is 3.66. The Morgan fingerprint density at radius 2 is 1.66 bits per heavy atom. The number of aromatic nitrogens is 2. The number of carboxylic acid groups (broad SMARTS) is 1. The largest absolute Gasteiger partial charge is 0.488 e. The number of alkyl halides is 3. The van der Waals surface area contributed by atoms with E-state index in [1.165, 1.54) is 12.1 Å². The second kappa shape index (κ2) is 15.2. The molecule has 50 heavy (non-hydrogen) atoms. The molecule has 0 spiro atoms. The second-order valence-corrected chi connectivity index (χ2v) is 12.8. The molecule has 1 heterocycles. The van der Waals surface area contributed by atoms with E-state index in [2.05, 4.69) is 37.0 Å². The summed E-state index contributed by atoms with van der Waals surface area (Å²) in [7, 11) is 0. The van der Waals surface area contributed by atoms with Gasteiger partial charge in [-0.25, -0.2) is 9.48 Å². The maximum atomic E-state index is 13.8. The zero-order valence-corrected chi connectivity index (χ0v) is 28.2. The lowest BCUT2D eigenvalue weighted by Crippen LogP contribution is -2.25. The van der Waals surface area contributed by atoms with Crippen molar-refractivity contribution in [2.24, 2.45) is 5.92 Å². The molecule has 0 bridgehead atoms. The SMILES string of the molecule is O=C(O)NCc1cccc(-n2nc(C(F)(F)F)cc2C(=O)Nc2cccc(C(NCC3CC3)c3ccc(OCc4ccccc4)c(Br)c3)c2)c1. The van der Waals surface area contributed by atoms with Gasteiger partial charge in [-0.15, -0.1) is 0 Å². The molecule has 0 radical (unpaired) electrons. The van der Waals surface area contributed by atoms with E-state index in [1.54, 1.807) is 30.3 Å². The standard InChI is InChI=1S/C37H33BrF3N5O4/c38-30-18-27(14-15-32(30)50-22-24-6-2-1-3-7-24)34(42-20-23-12-13-23)26-9-5-10-28(17-26)44-35(47)31-19-33(37(39,40)41)45-46(31)29-11-4-8-25(16-29)21-43-36(48)49/h1-11,14-19,23,34,42-43H,12-13,20-22H2,(H,44,47)(H,48,49). The number of rotatable bonds is 13. The van der Waals surface area contributed by atoms with Crippen LogP contribution in [0.2, 0.25) is 0 Å². The van der Waals surface area contributed by atoms with Crippen LogP contribution < -0.4 is 20.7 Å². The quantitative estimate of drug-likeness (QED) is 0.0963. The van der Waals surface area contributed by atoms with Gasteiger partial charge >= 0.3 is 12.3 Å². The zero-order chi connectivity index (χ0) is 35.3. The third-order valence-electron chi connectivity index (χ3n) is 8.14. The number of carbonyl (C=O) groups excluding carboxylic acids is 1. The first-order valence-electron chi connectivity index (χ1n) is 15.9. The number of nitrogens with one attached hydrogen (secondary N) is 3. The monoisotopic (exact) mass is 747 g/mol. The Kier molecular flexibility index (Phi) is 10.5. The Balaban J connectivity index is 1.25. The first-order valence-corrected chi connectivity index (χ1v) is 16.7. The number of carbonyl (C=O) groups is 2. The fourth-order valence-electron chi connectivity index (χ4n) is 5.43. The molecule has 13 heteroatoms. The van der Waals surface area contributed by atoms with Crippen molar-refractivity contribution in [2.45, 2.75) is 38.2 Å². The van der Waals surface area contributed by atoms with Gasteiger partial charge in [0.15, 0.2) is 5.69 Å². The van der Waals surface area contributed by atoms with Crippen molar-refractivity contribution >= 4 is 33.6 Å². The highest BCUT2D eigenvalue weighted by atomic mass is 79.9. The number of amides is 2. The summed E-state index contributed by atoms with van der Waals surface area (Å²) in [5.74, 6) is 0.473. The summed E-state index contributed by atoms with van der Waals surface area (Å²) in [4.78, 5) is 24.6. The minimum Gasteiger partial charge on any atom is -0.488 e. The number of hydrogen-bond acceptors (Lipinski definition) is 5. The maximum Gasteiger partial charge on any atom is 0.435 e. The fourth-order valence-corrected chi connectivity index (χ4v) is 5.94. The van der Waals surface area contributed by atoms with Crippen LogP contribution in [0.4, 0.5) is 23.7 Å². The molecular formula is C37H33BrF3N5O4. The van der Waals surface area contributed by atoms with Gasteiger partial charge in [-0.2, -0.15) is 18.3 Å². The van der Waals surface area contributed by atoms with Crippen LogP contribution in [-0.2, 0) is 19.3 Å². The Morgan fingerprint density at radius 3 is 2.38 bits per heavy atom. The number of hydrogen-bond donors (Lipinski definition) is 4. The van der Waals surface area contributed by atoms with Gasteiger partial charge in [0.1, 0.15) is 18.1 Å². The molecule has 9 nitrogen and oxygen atoms in total. The summed E-state index contributed by atoms with van der Waals surface area (Å²) in [6.45, 7) is 1.13. The lowest BCUT2D eigenvalue weighted by atomic mass is 9.97. The summed E-state index contributed by atoms with van der Waals surface area (Å²) in [5, 5.41) is 21.3. The van der Waals surface area contributed by atoms with E-state index in [4.69, 9.17) is 9.84 Å². The smallest absolute Gasteiger partial charge is 0.435 e. The number of benzene rings is 4. The van der Waals surface area contributed by atoms with Crippen LogP contribution >= 0.6 is 15.9 Å². The van der Waals surface area contributed by atoms with Crippen molar-refractivity contribution in [3.8, 4) is 11.4 Å². The van der Waals surface area contributed by atoms with Gasteiger partial charge in [0.25, 0.3) is 5.91 Å². The highest BCUT2D eigenvalue weighted by molar-refractivity contribution is 9.10. The fraction of sp³-hybridized carbons (Fsp3) is 0.216. The maximum absolute atomic E-state index is 13.8. The predicted octanol–water partition coefficient (Wildman–Crippen LogP) is 8.34. The number of ether oxygens (including phenoxy) is 1. The third-order valence-corrected chi connectivity index (χ3v) is 8.76. The van der Waals surface area contributed by atoms with E-state index in [0.29, 0.717) is 35.6 Å². The summed E-state index contributed by atoms with van der Waals surface area (Å²) in [6.07, 6.45) is -3.76. The molecular weight excluding hydrogens is 715 g/mol. The predicted molar refractivity (Wildman–Crippen MR) is 185 cm³/mol. The van der Waals surface area contributed by atoms with Crippen molar-refractivity contribution in [1.82, 2.24) is 20.4 Å². The molecule has 1 aromatic heterocycles. The average Bonchev–Trinajstić information content (AvgIpc) is 3.81. The van der Waals surface area contributed by atoms with Crippen LogP contribution in [0, 0.1) is 5.92 Å². The van der Waals surface area contributed by atoms with Crippen molar-refractivity contribution in [3.05, 3.63) is 141 Å². The molecule has 6 rings (SSSR count). The van der Waals surface area contributed by atoms with Crippen LogP contribution in [0.15, 0.2) is 108 Å². The van der Waals surface area contributed by atoms with E-state index in [0.717, 1.165) is 45.2 Å². The molecule has 1 saturated carbocycles. The number of nitrogens with zero attached hydrogens (tertiary/aromatic N) is 2. The van der Waals surface area contributed by atoms with Gasteiger partial charge in [-0.3, -0.25) is 4.79 Å². The second-order valence-electron chi connectivity index (χ2n) is 12.0. The Hall–Kier alpha value is -5.14. The first kappa shape index (κ1) is 34.7. The summed E-state index contributed by atoms with van der Waals surface area (Å²) < 4.78 is 49.1. The van der Waals surface area contributed by atoms with Crippen LogP contribution in [0.3, 0.4) is 0 Å². The molecule has 2 amide bonds. The van der Waals surface area contributed by atoms with E-state index in [1.807, 2.05) is 54.6 Å². The molecule has 4 N–H and O–H groups in total. The van der Waals surface area contributed by atoms with E-state index in [-0.39, 0.29) is 24.0 Å². The molecule has 1 atom stereocenters. The van der Waals surface area contributed by atoms with Crippen LogP contribution in [0.25, 0.3) is 5.69 Å². The van der Waals surface area contributed by atoms with Gasteiger partial charge in [0.05, 0.1) is 16.2 Å². The van der Waals surface area contributed by atoms with Crippen LogP contribution in [0.5, 0.6) is 5.75 Å². The van der Waals surface area contributed by atoms with Crippen molar-refractivity contribution in [2.75, 3.05) is 11.9 Å². The Morgan fingerprint density at radius 1 is 0.920 bits per heavy atom. The molecule has 4 aromatic carbocycles. The van der Waals surface area contributed by atoms with E-state index in [9.17, 15) is 22.8 Å². The number of anilines is 1. The molecule has 0 aliphatic heterocycles. The van der Waals surface area contributed by atoms with Gasteiger partial charge in [-0.05, 0) is 99.9 Å². The molecule has 1 unspecified atom stereocenters. The third kappa shape index (κ3) is 8.90. The molecule has 1 aliphatic carbocycles. The van der Waals surface area contributed by atoms with E-state index < -0.39 is 23.9 Å². The minimum atomic E-state index is -4.81. The molecule has 0 saturated heterocycles. The zero-order valence-electron chi connectivity index (χ0n) is 26.6. The summed E-state index contributed by atoms with van der Waals surface area (Å²) in [6, 6.07) is 29.5. The van der Waals surface area contributed by atoms with Crippen molar-refractivity contribution in [3.63, 3.8) is 0 Å². The number of halogens is 4. The minimum absolute atomic E-state index is 0.0825. The van der Waals surface area contributed by atoms with Gasteiger partial charge in [0, 0.05) is 18.3 Å². The molecule has 1 fully saturated rings. The molecule has 1 aliphatic rings. The Bertz CT molecular complexity index is 1980. The van der Waals surface area contributed by atoms with Crippen molar-refractivity contribution in [1.29, 1.82) is 0 Å². The molecule has 258 valence electrons. The van der Waals surface area contributed by atoms with Crippen LogP contribution in [-0.4, -0.2) is 33.4 Å². The average molecular weight is 749 g/mol. The normalized spacial score (nSPS) is 13.4. The highest BCUT2D eigenvalue weighted by Gasteiger charge is 2.36. The van der Waals surface area contributed by atoms with E-state index >= 15 is 0 Å². The summed E-state index contributed by atoms with van der Waals surface area (Å²) in [5.41, 5.74) is 2.28. The van der Waals surface area contributed by atoms with Crippen LogP contribution in [0.1, 0.15) is 57.3 Å². The lowest BCUT2D eigenvalue weighted by molar-refractivity contribution is -0.141. The topological polar surface area (TPSA) is 118 Å². The lowest BCUT2D eigenvalue weighted by Gasteiger charge is -2.22. The molecule has 5 aromatic rings.